The van der Waals surface area contributed by atoms with Crippen molar-refractivity contribution in [2.24, 2.45) is 0 Å². The number of H-pyrrole nitrogens is 1. The van der Waals surface area contributed by atoms with E-state index in [1.165, 1.54) is 11.6 Å². The predicted octanol–water partition coefficient (Wildman–Crippen LogP) is 3.16. The molecule has 0 aliphatic heterocycles. The first-order valence-electron chi connectivity index (χ1n) is 5.71. The zero-order valence-electron chi connectivity index (χ0n) is 10.4. The molecule has 2 rings (SSSR count). The summed E-state index contributed by atoms with van der Waals surface area (Å²) in [6.45, 7) is 4.66. The zero-order valence-corrected chi connectivity index (χ0v) is 10.4. The van der Waals surface area contributed by atoms with Crippen molar-refractivity contribution in [1.82, 2.24) is 10.3 Å². The summed E-state index contributed by atoms with van der Waals surface area (Å²) in [5.41, 5.74) is 5.12. The fourth-order valence-electron chi connectivity index (χ4n) is 1.94. The zero-order chi connectivity index (χ0) is 12.4. The van der Waals surface area contributed by atoms with Gasteiger partial charge in [-0.1, -0.05) is 0 Å². The molecule has 1 aromatic heterocycles. The van der Waals surface area contributed by atoms with Gasteiger partial charge in [-0.25, -0.2) is 4.39 Å². The Hall–Kier alpha value is -1.61. The van der Waals surface area contributed by atoms with Gasteiger partial charge in [0.1, 0.15) is 5.82 Å². The van der Waals surface area contributed by atoms with Crippen LogP contribution in [0.5, 0.6) is 0 Å². The van der Waals surface area contributed by atoms with E-state index in [2.05, 4.69) is 16.4 Å². The Morgan fingerprint density at radius 2 is 2.00 bits per heavy atom. The maximum Gasteiger partial charge on any atom is 0.126 e. The Bertz CT molecular complexity index is 529. The van der Waals surface area contributed by atoms with Gasteiger partial charge in [0.15, 0.2) is 0 Å². The average Bonchev–Trinajstić information content (AvgIpc) is 2.65. The van der Waals surface area contributed by atoms with E-state index in [0.717, 1.165) is 23.5 Å². The van der Waals surface area contributed by atoms with Gasteiger partial charge < -0.3 is 10.3 Å². The van der Waals surface area contributed by atoms with Crippen molar-refractivity contribution in [1.29, 1.82) is 0 Å². The number of hydrogen-bond donors (Lipinski definition) is 2. The van der Waals surface area contributed by atoms with Gasteiger partial charge in [0.2, 0.25) is 0 Å². The van der Waals surface area contributed by atoms with Gasteiger partial charge in [0.25, 0.3) is 0 Å². The molecule has 2 nitrogen and oxygen atoms in total. The minimum atomic E-state index is -0.160. The number of aromatic nitrogens is 1. The normalized spacial score (nSPS) is 10.8. The Morgan fingerprint density at radius 1 is 1.24 bits per heavy atom. The average molecular weight is 232 g/mol. The van der Waals surface area contributed by atoms with Crippen molar-refractivity contribution in [2.45, 2.75) is 20.4 Å². The Morgan fingerprint density at radius 3 is 2.65 bits per heavy atom. The smallest absolute Gasteiger partial charge is 0.126 e. The maximum absolute atomic E-state index is 13.2. The Kier molecular flexibility index (Phi) is 3.29. The van der Waals surface area contributed by atoms with Gasteiger partial charge >= 0.3 is 0 Å². The van der Waals surface area contributed by atoms with Crippen molar-refractivity contribution >= 4 is 0 Å². The lowest BCUT2D eigenvalue weighted by atomic mass is 10.1. The first kappa shape index (κ1) is 11.9. The van der Waals surface area contributed by atoms with Crippen LogP contribution in [-0.2, 0) is 6.54 Å². The summed E-state index contributed by atoms with van der Waals surface area (Å²) >= 11 is 0. The molecule has 0 amide bonds. The first-order valence-corrected chi connectivity index (χ1v) is 5.71. The molecule has 1 aromatic carbocycles. The van der Waals surface area contributed by atoms with Crippen LogP contribution >= 0.6 is 0 Å². The highest BCUT2D eigenvalue weighted by molar-refractivity contribution is 5.62. The van der Waals surface area contributed by atoms with E-state index in [9.17, 15) is 4.39 Å². The first-order chi connectivity index (χ1) is 8.11. The van der Waals surface area contributed by atoms with E-state index >= 15 is 0 Å². The van der Waals surface area contributed by atoms with Crippen LogP contribution in [0.4, 0.5) is 4.39 Å². The minimum Gasteiger partial charge on any atom is -0.358 e. The molecule has 90 valence electrons. The molecule has 0 atom stereocenters. The van der Waals surface area contributed by atoms with Gasteiger partial charge in [-0.05, 0) is 61.9 Å². The van der Waals surface area contributed by atoms with Crippen LogP contribution in [0.3, 0.4) is 0 Å². The number of rotatable bonds is 3. The van der Waals surface area contributed by atoms with Gasteiger partial charge in [0, 0.05) is 17.9 Å². The van der Waals surface area contributed by atoms with E-state index in [1.807, 2.05) is 20.0 Å². The standard InChI is InChI=1S/C14H17FN2/c1-9-6-11(4-5-13(9)15)14-7-12(8-16-3)10(2)17-14/h4-7,16-17H,8H2,1-3H3. The minimum absolute atomic E-state index is 0.160. The number of aromatic amines is 1. The van der Waals surface area contributed by atoms with Gasteiger partial charge in [-0.15, -0.1) is 0 Å². The number of benzene rings is 1. The molecule has 2 aromatic rings. The summed E-state index contributed by atoms with van der Waals surface area (Å²) in [4.78, 5) is 3.33. The Labute approximate surface area is 101 Å². The lowest BCUT2D eigenvalue weighted by Crippen LogP contribution is -2.04. The number of hydrogen-bond acceptors (Lipinski definition) is 1. The second-order valence-corrected chi connectivity index (χ2v) is 4.33. The molecule has 3 heteroatoms. The summed E-state index contributed by atoms with van der Waals surface area (Å²) < 4.78 is 13.2. The highest BCUT2D eigenvalue weighted by Crippen LogP contribution is 2.23. The molecule has 0 fully saturated rings. The van der Waals surface area contributed by atoms with Crippen molar-refractivity contribution in [3.8, 4) is 11.3 Å². The third kappa shape index (κ3) is 2.39. The molecule has 0 aliphatic rings. The summed E-state index contributed by atoms with van der Waals surface area (Å²) in [7, 11) is 1.92. The fourth-order valence-corrected chi connectivity index (χ4v) is 1.94. The number of aryl methyl sites for hydroxylation is 2. The van der Waals surface area contributed by atoms with Crippen molar-refractivity contribution in [3.63, 3.8) is 0 Å². The summed E-state index contributed by atoms with van der Waals surface area (Å²) in [5.74, 6) is -0.160. The van der Waals surface area contributed by atoms with Crippen molar-refractivity contribution < 1.29 is 4.39 Å². The lowest BCUT2D eigenvalue weighted by Gasteiger charge is -2.01. The van der Waals surface area contributed by atoms with E-state index in [-0.39, 0.29) is 5.82 Å². The Balaban J connectivity index is 2.39. The monoisotopic (exact) mass is 232 g/mol. The van der Waals surface area contributed by atoms with Crippen LogP contribution in [0.15, 0.2) is 24.3 Å². The SMILES string of the molecule is CNCc1cc(-c2ccc(F)c(C)c2)[nH]c1C. The fraction of sp³-hybridized carbons (Fsp3) is 0.286. The maximum atomic E-state index is 13.2. The highest BCUT2D eigenvalue weighted by Gasteiger charge is 2.07. The second kappa shape index (κ2) is 4.72. The predicted molar refractivity (Wildman–Crippen MR) is 68.4 cm³/mol. The summed E-state index contributed by atoms with van der Waals surface area (Å²) in [6, 6.07) is 7.29. The van der Waals surface area contributed by atoms with E-state index < -0.39 is 0 Å². The van der Waals surface area contributed by atoms with Crippen molar-refractivity contribution in [3.05, 3.63) is 46.9 Å². The molecular weight excluding hydrogens is 215 g/mol. The lowest BCUT2D eigenvalue weighted by molar-refractivity contribution is 0.619. The van der Waals surface area contributed by atoms with Crippen LogP contribution in [0.1, 0.15) is 16.8 Å². The molecule has 0 spiro atoms. The molecule has 0 aliphatic carbocycles. The molecule has 1 heterocycles. The molecule has 0 bridgehead atoms. The molecular formula is C14H17FN2. The largest absolute Gasteiger partial charge is 0.358 e. The van der Waals surface area contributed by atoms with Gasteiger partial charge in [-0.3, -0.25) is 0 Å². The second-order valence-electron chi connectivity index (χ2n) is 4.33. The van der Waals surface area contributed by atoms with Crippen molar-refractivity contribution in [2.75, 3.05) is 7.05 Å². The molecule has 0 saturated carbocycles. The third-order valence-corrected chi connectivity index (χ3v) is 2.96. The number of nitrogens with one attached hydrogen (secondary N) is 2. The van der Waals surface area contributed by atoms with Crippen LogP contribution in [0.2, 0.25) is 0 Å². The molecule has 0 saturated heterocycles. The van der Waals surface area contributed by atoms with E-state index in [4.69, 9.17) is 0 Å². The van der Waals surface area contributed by atoms with E-state index in [1.54, 1.807) is 13.0 Å². The summed E-state index contributed by atoms with van der Waals surface area (Å²) in [5, 5.41) is 3.13. The van der Waals surface area contributed by atoms with Crippen LogP contribution in [0.25, 0.3) is 11.3 Å². The van der Waals surface area contributed by atoms with Crippen LogP contribution in [-0.4, -0.2) is 12.0 Å². The van der Waals surface area contributed by atoms with Crippen LogP contribution in [0, 0.1) is 19.7 Å². The van der Waals surface area contributed by atoms with E-state index in [0.29, 0.717) is 5.56 Å². The topological polar surface area (TPSA) is 27.8 Å². The molecule has 2 N–H and O–H groups in total. The summed E-state index contributed by atoms with van der Waals surface area (Å²) in [6.07, 6.45) is 0. The number of halogens is 1. The quantitative estimate of drug-likeness (QED) is 0.836. The molecule has 0 radical (unpaired) electrons. The highest BCUT2D eigenvalue weighted by atomic mass is 19.1. The molecule has 0 unspecified atom stereocenters. The molecule has 17 heavy (non-hydrogen) atoms. The third-order valence-electron chi connectivity index (χ3n) is 2.96. The van der Waals surface area contributed by atoms with Gasteiger partial charge in [-0.2, -0.15) is 0 Å². The van der Waals surface area contributed by atoms with Gasteiger partial charge in [0.05, 0.1) is 0 Å². The van der Waals surface area contributed by atoms with Crippen LogP contribution < -0.4 is 5.32 Å².